The first-order chi connectivity index (χ1) is 7.50. The van der Waals surface area contributed by atoms with Crippen LogP contribution >= 0.6 is 0 Å². The Morgan fingerprint density at radius 1 is 1.24 bits per heavy atom. The number of aryl methyl sites for hydroxylation is 1. The Balaban J connectivity index is 0. The molecule has 5 radical (unpaired) electrons. The minimum absolute atomic E-state index is 0. The van der Waals surface area contributed by atoms with Crippen LogP contribution in [0, 0.1) is 6.92 Å². The summed E-state index contributed by atoms with van der Waals surface area (Å²) in [6, 6.07) is 5.61. The van der Waals surface area contributed by atoms with E-state index in [2.05, 4.69) is 20.2 Å². The summed E-state index contributed by atoms with van der Waals surface area (Å²) in [5.41, 5.74) is 2.48. The van der Waals surface area contributed by atoms with Crippen LogP contribution in [0.25, 0.3) is 0 Å². The van der Waals surface area contributed by atoms with Gasteiger partial charge in [-0.1, -0.05) is 6.07 Å². The second-order valence-corrected chi connectivity index (χ2v) is 3.90. The standard InChI is InChI=1S/C9H13N2O2S.B2.Y/c1-7-4-5-8(11(2)3)6-9(7)10-14(12)13;1-2;/h4-6H,1-3H3,(H,10,12,13);;/q-1;;. The van der Waals surface area contributed by atoms with E-state index in [1.807, 2.05) is 38.1 Å². The van der Waals surface area contributed by atoms with Gasteiger partial charge in [0.1, 0.15) is 0 Å². The molecule has 0 bridgehead atoms. The molecule has 0 atom stereocenters. The molecule has 0 amide bonds. The second kappa shape index (κ2) is 9.98. The van der Waals surface area contributed by atoms with E-state index >= 15 is 0 Å². The van der Waals surface area contributed by atoms with Crippen molar-refractivity contribution in [3.05, 3.63) is 23.8 Å². The quantitative estimate of drug-likeness (QED) is 0.665. The minimum Gasteiger partial charge on any atom is -0.419 e. The fourth-order valence-electron chi connectivity index (χ4n) is 1.09. The number of rotatable bonds is 3. The normalized spacial score (nSPS) is 8.71. The summed E-state index contributed by atoms with van der Waals surface area (Å²) < 4.78 is 23.3. The van der Waals surface area contributed by atoms with Gasteiger partial charge in [0, 0.05) is 84.5 Å². The average Bonchev–Trinajstić information content (AvgIpc) is 2.23. The molecular formula is C9H13B2N2O2SY-. The van der Waals surface area contributed by atoms with Crippen molar-refractivity contribution in [3.63, 3.8) is 0 Å². The zero-order valence-electron chi connectivity index (χ0n) is 10.1. The molecule has 0 saturated heterocycles. The van der Waals surface area contributed by atoms with Gasteiger partial charge >= 0.3 is 0 Å². The molecule has 0 aliphatic carbocycles. The maximum atomic E-state index is 10.5. The molecule has 1 aromatic carbocycles. The van der Waals surface area contributed by atoms with Crippen LogP contribution in [-0.4, -0.2) is 29.6 Å². The van der Waals surface area contributed by atoms with Gasteiger partial charge in [-0.15, -0.1) is 0 Å². The molecule has 4 nitrogen and oxygen atoms in total. The third-order valence-electron chi connectivity index (χ3n) is 1.93. The summed E-state index contributed by atoms with van der Waals surface area (Å²) in [5.74, 6) is 0. The SMILES string of the molecule is Cc1ccc(N(C)C)cc1N[S-](=O)=O.[B][B].[Y]. The molecule has 0 aromatic heterocycles. The van der Waals surface area contributed by atoms with E-state index in [1.165, 1.54) is 0 Å². The number of hydrogen-bond donors (Lipinski definition) is 1. The van der Waals surface area contributed by atoms with Crippen molar-refractivity contribution in [1.29, 1.82) is 0 Å². The average molecular weight is 324 g/mol. The van der Waals surface area contributed by atoms with E-state index in [-0.39, 0.29) is 32.7 Å². The van der Waals surface area contributed by atoms with E-state index in [0.717, 1.165) is 11.3 Å². The van der Waals surface area contributed by atoms with Crippen LogP contribution in [0.5, 0.6) is 0 Å². The summed E-state index contributed by atoms with van der Waals surface area (Å²) in [7, 11) is 9.54. The molecule has 87 valence electrons. The molecule has 0 spiro atoms. The molecule has 1 N–H and O–H groups in total. The largest absolute Gasteiger partial charge is 0.419 e. The summed E-state index contributed by atoms with van der Waals surface area (Å²) in [4.78, 5) is 1.92. The van der Waals surface area contributed by atoms with E-state index in [1.54, 1.807) is 6.07 Å². The predicted octanol–water partition coefficient (Wildman–Crippen LogP) is 0.933. The van der Waals surface area contributed by atoms with Crippen LogP contribution in [0.1, 0.15) is 5.56 Å². The molecule has 1 rings (SSSR count). The first-order valence-electron chi connectivity index (χ1n) is 4.48. The molecule has 1 aromatic rings. The molecule has 0 heterocycles. The van der Waals surface area contributed by atoms with E-state index in [0.29, 0.717) is 5.69 Å². The van der Waals surface area contributed by atoms with E-state index < -0.39 is 10.9 Å². The first kappa shape index (κ1) is 19.3. The number of benzene rings is 1. The topological polar surface area (TPSA) is 49.4 Å². The molecule has 0 saturated carbocycles. The van der Waals surface area contributed by atoms with Crippen LogP contribution in [0.4, 0.5) is 11.4 Å². The van der Waals surface area contributed by atoms with Crippen molar-refractivity contribution in [3.8, 4) is 0 Å². The fourth-order valence-corrected chi connectivity index (χ4v) is 1.49. The van der Waals surface area contributed by atoms with Crippen molar-refractivity contribution in [2.24, 2.45) is 0 Å². The number of nitrogens with zero attached hydrogens (tertiary/aromatic N) is 1. The van der Waals surface area contributed by atoms with Gasteiger partial charge < -0.3 is 18.0 Å². The summed E-state index contributed by atoms with van der Waals surface area (Å²) in [6.07, 6.45) is 0. The monoisotopic (exact) mass is 324 g/mol. The first-order valence-corrected chi connectivity index (χ1v) is 5.55. The van der Waals surface area contributed by atoms with Gasteiger partial charge in [0.2, 0.25) is 0 Å². The molecule has 17 heavy (non-hydrogen) atoms. The minimum atomic E-state index is -2.27. The van der Waals surface area contributed by atoms with Gasteiger partial charge in [-0.25, -0.2) is 0 Å². The number of nitrogens with one attached hydrogen (secondary N) is 1. The third-order valence-corrected chi connectivity index (χ3v) is 2.32. The van der Waals surface area contributed by atoms with Crippen molar-refractivity contribution in [2.45, 2.75) is 6.92 Å². The van der Waals surface area contributed by atoms with Crippen LogP contribution < -0.4 is 9.62 Å². The molecule has 0 fully saturated rings. The summed E-state index contributed by atoms with van der Waals surface area (Å²) in [5, 5.41) is 0. The van der Waals surface area contributed by atoms with Crippen LogP contribution in [0.3, 0.4) is 0 Å². The van der Waals surface area contributed by atoms with Gasteiger partial charge in [-0.05, 0) is 24.6 Å². The Morgan fingerprint density at radius 2 is 1.76 bits per heavy atom. The Labute approximate surface area is 132 Å². The summed E-state index contributed by atoms with van der Waals surface area (Å²) in [6.45, 7) is 1.86. The molecule has 0 unspecified atom stereocenters. The van der Waals surface area contributed by atoms with E-state index in [9.17, 15) is 8.42 Å². The molecule has 0 aliphatic rings. The predicted molar refractivity (Wildman–Crippen MR) is 69.4 cm³/mol. The maximum Gasteiger partial charge on any atom is 0.0381 e. The Morgan fingerprint density at radius 3 is 2.18 bits per heavy atom. The van der Waals surface area contributed by atoms with Crippen molar-refractivity contribution < 1.29 is 41.1 Å². The van der Waals surface area contributed by atoms with Crippen LogP contribution in [-0.2, 0) is 52.0 Å². The zero-order chi connectivity index (χ0) is 12.7. The second-order valence-electron chi connectivity index (χ2n) is 3.23. The van der Waals surface area contributed by atoms with Crippen LogP contribution in [0.15, 0.2) is 18.2 Å². The van der Waals surface area contributed by atoms with Gasteiger partial charge in [0.25, 0.3) is 0 Å². The molecule has 8 heteroatoms. The smallest absolute Gasteiger partial charge is 0.0381 e. The summed E-state index contributed by atoms with van der Waals surface area (Å²) >= 11 is 0. The van der Waals surface area contributed by atoms with Gasteiger partial charge in [0.15, 0.2) is 0 Å². The maximum absolute atomic E-state index is 10.5. The van der Waals surface area contributed by atoms with Crippen molar-refractivity contribution in [2.75, 3.05) is 23.7 Å². The van der Waals surface area contributed by atoms with Gasteiger partial charge in [-0.2, -0.15) is 0 Å². The number of hydrogen-bond acceptors (Lipinski definition) is 4. The fraction of sp³-hybridized carbons (Fsp3) is 0.333. The molecule has 0 aliphatic heterocycles. The van der Waals surface area contributed by atoms with Crippen LogP contribution in [0.2, 0.25) is 0 Å². The van der Waals surface area contributed by atoms with Gasteiger partial charge in [-0.3, -0.25) is 0 Å². The van der Waals surface area contributed by atoms with E-state index in [4.69, 9.17) is 0 Å². The Kier molecular flexibility index (Phi) is 11.4. The third kappa shape index (κ3) is 7.11. The van der Waals surface area contributed by atoms with Crippen molar-refractivity contribution in [1.82, 2.24) is 0 Å². The molecular weight excluding hydrogens is 311 g/mol. The Hall–Kier alpha value is 0.00377. The Bertz CT molecular complexity index is 406. The zero-order valence-corrected chi connectivity index (χ0v) is 13.8. The number of anilines is 2. The van der Waals surface area contributed by atoms with Gasteiger partial charge in [0.05, 0.1) is 0 Å². The van der Waals surface area contributed by atoms with Crippen molar-refractivity contribution >= 4 is 37.7 Å².